The second-order valence-electron chi connectivity index (χ2n) is 7.04. The number of aliphatic hydroxyl groups is 2. The summed E-state index contributed by atoms with van der Waals surface area (Å²) < 4.78 is 13.4. The molecule has 0 radical (unpaired) electrons. The highest BCUT2D eigenvalue weighted by Crippen LogP contribution is 2.19. The Morgan fingerprint density at radius 2 is 1.92 bits per heavy atom. The lowest BCUT2D eigenvalue weighted by atomic mass is 10.0. The van der Waals surface area contributed by atoms with Gasteiger partial charge in [0.15, 0.2) is 0 Å². The molecule has 2 N–H and O–H groups in total. The number of hydrogen-bond donors (Lipinski definition) is 2. The van der Waals surface area contributed by atoms with Gasteiger partial charge in [-0.3, -0.25) is 9.69 Å². The Hall–Kier alpha value is -1.50. The van der Waals surface area contributed by atoms with Gasteiger partial charge in [0.05, 0.1) is 12.2 Å². The first-order valence-electron chi connectivity index (χ1n) is 8.32. The third-order valence-electron chi connectivity index (χ3n) is 4.77. The van der Waals surface area contributed by atoms with Gasteiger partial charge in [-0.25, -0.2) is 4.39 Å². The van der Waals surface area contributed by atoms with E-state index in [1.54, 1.807) is 24.9 Å². The number of aryl methyl sites for hydroxylation is 1. The predicted octanol–water partition coefficient (Wildman–Crippen LogP) is 1.27. The molecule has 0 aromatic heterocycles. The fourth-order valence-corrected chi connectivity index (χ4v) is 3.17. The highest BCUT2D eigenvalue weighted by molar-refractivity contribution is 5.94. The van der Waals surface area contributed by atoms with E-state index < -0.39 is 12.2 Å². The molecule has 1 aliphatic heterocycles. The molecule has 1 heterocycles. The van der Waals surface area contributed by atoms with E-state index >= 15 is 0 Å². The van der Waals surface area contributed by atoms with Crippen LogP contribution in [0.5, 0.6) is 0 Å². The predicted molar refractivity (Wildman–Crippen MR) is 90.3 cm³/mol. The van der Waals surface area contributed by atoms with Gasteiger partial charge < -0.3 is 15.1 Å². The maximum Gasteiger partial charge on any atom is 0.253 e. The van der Waals surface area contributed by atoms with Crippen molar-refractivity contribution in [3.05, 3.63) is 35.1 Å². The molecule has 1 aliphatic rings. The van der Waals surface area contributed by atoms with Gasteiger partial charge >= 0.3 is 0 Å². The molecule has 1 aromatic carbocycles. The van der Waals surface area contributed by atoms with Crippen molar-refractivity contribution in [2.75, 3.05) is 26.7 Å². The molecule has 0 bridgehead atoms. The first-order valence-corrected chi connectivity index (χ1v) is 8.32. The maximum atomic E-state index is 13.4. The average molecular weight is 338 g/mol. The summed E-state index contributed by atoms with van der Waals surface area (Å²) in [6.07, 6.45) is -1.47. The Labute approximate surface area is 142 Å². The summed E-state index contributed by atoms with van der Waals surface area (Å²) in [4.78, 5) is 16.4. The van der Waals surface area contributed by atoms with Crippen molar-refractivity contribution in [3.8, 4) is 0 Å². The van der Waals surface area contributed by atoms with E-state index in [-0.39, 0.29) is 23.7 Å². The minimum atomic E-state index is -0.737. The normalized spacial score (nSPS) is 22.8. The van der Waals surface area contributed by atoms with Gasteiger partial charge in [0, 0.05) is 38.3 Å². The van der Waals surface area contributed by atoms with Crippen LogP contribution in [0, 0.1) is 18.7 Å². The fraction of sp³-hybridized carbons (Fsp3) is 0.611. The molecule has 6 heteroatoms. The van der Waals surface area contributed by atoms with Crippen molar-refractivity contribution < 1.29 is 19.4 Å². The molecule has 134 valence electrons. The lowest BCUT2D eigenvalue weighted by Gasteiger charge is -2.34. The lowest BCUT2D eigenvalue weighted by molar-refractivity contribution is 0.0572. The highest BCUT2D eigenvalue weighted by Gasteiger charge is 2.33. The molecule has 1 saturated heterocycles. The number of carbonyl (C=O) groups is 1. The highest BCUT2D eigenvalue weighted by atomic mass is 19.1. The zero-order chi connectivity index (χ0) is 18.0. The molecule has 2 rings (SSSR count). The zero-order valence-electron chi connectivity index (χ0n) is 14.7. The number of likely N-dealkylation sites (tertiary alicyclic amines) is 1. The maximum absolute atomic E-state index is 13.4. The van der Waals surface area contributed by atoms with Gasteiger partial charge in [0.25, 0.3) is 5.91 Å². The number of hydrogen-bond acceptors (Lipinski definition) is 4. The van der Waals surface area contributed by atoms with Crippen molar-refractivity contribution in [2.45, 2.75) is 39.0 Å². The van der Waals surface area contributed by atoms with E-state index in [2.05, 4.69) is 0 Å². The van der Waals surface area contributed by atoms with Crippen LogP contribution in [0.3, 0.4) is 0 Å². The molecule has 0 saturated carbocycles. The SMILES string of the molecule is Cc1cc(C(=O)N(C)C(CN2CC(O)C(O)C2)C(C)C)ccc1F. The number of amides is 1. The minimum Gasteiger partial charge on any atom is -0.389 e. The first kappa shape index (κ1) is 18.8. The van der Waals surface area contributed by atoms with Crippen LogP contribution in [0.1, 0.15) is 29.8 Å². The van der Waals surface area contributed by atoms with Gasteiger partial charge in [-0.15, -0.1) is 0 Å². The van der Waals surface area contributed by atoms with E-state index in [0.29, 0.717) is 30.8 Å². The van der Waals surface area contributed by atoms with E-state index in [1.807, 2.05) is 18.7 Å². The number of nitrogens with zero attached hydrogens (tertiary/aromatic N) is 2. The third-order valence-corrected chi connectivity index (χ3v) is 4.77. The van der Waals surface area contributed by atoms with Crippen molar-refractivity contribution in [3.63, 3.8) is 0 Å². The van der Waals surface area contributed by atoms with Gasteiger partial charge in [0.1, 0.15) is 5.82 Å². The van der Waals surface area contributed by atoms with Crippen molar-refractivity contribution >= 4 is 5.91 Å². The van der Waals surface area contributed by atoms with Crippen LogP contribution >= 0.6 is 0 Å². The van der Waals surface area contributed by atoms with E-state index in [9.17, 15) is 19.4 Å². The van der Waals surface area contributed by atoms with Crippen molar-refractivity contribution in [1.29, 1.82) is 0 Å². The summed E-state index contributed by atoms with van der Waals surface area (Å²) >= 11 is 0. The number of benzene rings is 1. The van der Waals surface area contributed by atoms with Crippen molar-refractivity contribution in [2.24, 2.45) is 5.92 Å². The van der Waals surface area contributed by atoms with Gasteiger partial charge in [0.2, 0.25) is 0 Å². The smallest absolute Gasteiger partial charge is 0.253 e. The molecule has 1 amide bonds. The number of halogens is 1. The van der Waals surface area contributed by atoms with Crippen LogP contribution in [0.2, 0.25) is 0 Å². The summed E-state index contributed by atoms with van der Waals surface area (Å²) in [6, 6.07) is 4.31. The summed E-state index contributed by atoms with van der Waals surface area (Å²) in [7, 11) is 1.74. The van der Waals surface area contributed by atoms with Gasteiger partial charge in [-0.05, 0) is 36.6 Å². The van der Waals surface area contributed by atoms with Crippen LogP contribution in [0.25, 0.3) is 0 Å². The number of rotatable bonds is 5. The van der Waals surface area contributed by atoms with Crippen molar-refractivity contribution in [1.82, 2.24) is 9.80 Å². The Balaban J connectivity index is 2.11. The van der Waals surface area contributed by atoms with Crippen LogP contribution in [0.15, 0.2) is 18.2 Å². The molecule has 0 aliphatic carbocycles. The molecular formula is C18H27FN2O3. The number of likely N-dealkylation sites (N-methyl/N-ethyl adjacent to an activating group) is 1. The summed E-state index contributed by atoms with van der Waals surface area (Å²) in [6.45, 7) is 7.10. The number of carbonyl (C=O) groups excluding carboxylic acids is 1. The zero-order valence-corrected chi connectivity index (χ0v) is 14.7. The second kappa shape index (κ2) is 7.59. The molecular weight excluding hydrogens is 311 g/mol. The van der Waals surface area contributed by atoms with Gasteiger partial charge in [-0.2, -0.15) is 0 Å². The first-order chi connectivity index (χ1) is 11.2. The average Bonchev–Trinajstić information content (AvgIpc) is 2.84. The molecule has 1 fully saturated rings. The second-order valence-corrected chi connectivity index (χ2v) is 7.04. The largest absolute Gasteiger partial charge is 0.389 e. The molecule has 5 nitrogen and oxygen atoms in total. The fourth-order valence-electron chi connectivity index (χ4n) is 3.17. The quantitative estimate of drug-likeness (QED) is 0.849. The van der Waals surface area contributed by atoms with Crippen LogP contribution in [0.4, 0.5) is 4.39 Å². The Kier molecular flexibility index (Phi) is 5.96. The van der Waals surface area contributed by atoms with E-state index in [4.69, 9.17) is 0 Å². The van der Waals surface area contributed by atoms with Gasteiger partial charge in [-0.1, -0.05) is 13.8 Å². The summed E-state index contributed by atoms with van der Waals surface area (Å²) in [5, 5.41) is 19.4. The van der Waals surface area contributed by atoms with Crippen LogP contribution in [-0.4, -0.2) is 70.9 Å². The van der Waals surface area contributed by atoms with Crippen LogP contribution in [-0.2, 0) is 0 Å². The third kappa shape index (κ3) is 4.12. The van der Waals surface area contributed by atoms with Crippen LogP contribution < -0.4 is 0 Å². The van der Waals surface area contributed by atoms with E-state index in [0.717, 1.165) is 0 Å². The Morgan fingerprint density at radius 1 is 1.33 bits per heavy atom. The molecule has 24 heavy (non-hydrogen) atoms. The monoisotopic (exact) mass is 338 g/mol. The molecule has 3 unspecified atom stereocenters. The molecule has 1 aromatic rings. The topological polar surface area (TPSA) is 64.0 Å². The lowest BCUT2D eigenvalue weighted by Crippen LogP contribution is -2.47. The molecule has 0 spiro atoms. The van der Waals surface area contributed by atoms with E-state index in [1.165, 1.54) is 12.1 Å². The molecule has 3 atom stereocenters. The number of β-amino-alcohol motifs (C(OH)–C–C–N with tert-alkyl or cyclic N) is 2. The minimum absolute atomic E-state index is 0.0691. The Morgan fingerprint density at radius 3 is 2.42 bits per heavy atom. The summed E-state index contributed by atoms with van der Waals surface area (Å²) in [5.41, 5.74) is 0.907. The Bertz CT molecular complexity index is 584. The summed E-state index contributed by atoms with van der Waals surface area (Å²) in [5.74, 6) is -0.276. The standard InChI is InChI=1S/C18H27FN2O3/c1-11(2)15(8-21-9-16(22)17(23)10-21)20(4)18(24)13-5-6-14(19)12(3)7-13/h5-7,11,15-17,22-23H,8-10H2,1-4H3. The number of aliphatic hydroxyl groups excluding tert-OH is 2.